The lowest BCUT2D eigenvalue weighted by Gasteiger charge is -2.33. The van der Waals surface area contributed by atoms with E-state index >= 15 is 9.59 Å². The van der Waals surface area contributed by atoms with Gasteiger partial charge in [0, 0.05) is 19.4 Å². The first kappa shape index (κ1) is 88.7. The number of aliphatic hydroxyl groups excluding tert-OH is 1. The molecule has 2 fully saturated rings. The lowest BCUT2D eigenvalue weighted by atomic mass is 9.95. The minimum absolute atomic E-state index is 0.0352. The number of rotatable bonds is 32. The largest absolute Gasteiger partial charge is 0.458 e. The number of aliphatic hydroxyl groups is 1. The number of ether oxygens (including phenoxy) is 1. The quantitative estimate of drug-likeness (QED) is 0.0356. The van der Waals surface area contributed by atoms with Crippen molar-refractivity contribution >= 4 is 82.8 Å². The van der Waals surface area contributed by atoms with Gasteiger partial charge in [-0.1, -0.05) is 153 Å². The third kappa shape index (κ3) is 27.2. The van der Waals surface area contributed by atoms with Gasteiger partial charge in [0.15, 0.2) is 0 Å². The number of hydrogen-bond acceptors (Lipinski definition) is 17. The molecular weight excluding hydrogens is 1330 g/mol. The fourth-order valence-corrected chi connectivity index (χ4v) is 11.8. The first-order chi connectivity index (χ1) is 48.3. The van der Waals surface area contributed by atoms with E-state index in [-0.39, 0.29) is 63.2 Å². The van der Waals surface area contributed by atoms with Crippen molar-refractivity contribution in [1.82, 2.24) is 68.7 Å². The first-order valence-corrected chi connectivity index (χ1v) is 36.6. The molecule has 0 radical (unpaired) electrons. The number of amides is 13. The molecule has 30 nitrogen and oxygen atoms in total. The van der Waals surface area contributed by atoms with Crippen molar-refractivity contribution in [1.29, 1.82) is 0 Å². The molecule has 15 N–H and O–H groups in total. The van der Waals surface area contributed by atoms with Gasteiger partial charge in [0.05, 0.1) is 6.10 Å². The summed E-state index contributed by atoms with van der Waals surface area (Å²) >= 11 is 0. The van der Waals surface area contributed by atoms with Gasteiger partial charge in [-0.2, -0.15) is 0 Å². The first-order valence-electron chi connectivity index (χ1n) is 36.6. The van der Waals surface area contributed by atoms with Gasteiger partial charge in [-0.25, -0.2) is 4.79 Å². The number of hydrogen-bond donors (Lipinski definition) is 14. The average molecular weight is 1450 g/mol. The Morgan fingerprint density at radius 3 is 1.76 bits per heavy atom. The minimum atomic E-state index is -1.83. The van der Waals surface area contributed by atoms with E-state index in [1.165, 1.54) is 38.7 Å². The van der Waals surface area contributed by atoms with Crippen LogP contribution in [0.2, 0.25) is 0 Å². The van der Waals surface area contributed by atoms with Crippen LogP contribution in [0.5, 0.6) is 0 Å². The predicted octanol–water partition coefficient (Wildman–Crippen LogP) is 1.20. The van der Waals surface area contributed by atoms with Crippen molar-refractivity contribution in [2.24, 2.45) is 47.2 Å². The normalized spacial score (nSPS) is 22.7. The standard InChI is InChI=1S/C73H120N14O16/c1-19-42(14)57(69(98)86-60-46(18)103-73(102)56(41(12)13)82-62(91)48(21-3)76-64(93)50(36-47-29-23-22-24-30-47)78-66(95)53(38(6)7)79-68(97)58(43(15)20-2)84-71(60)100)83-63(92)49(31-26-34-74)77-65(94)51-32-27-35-87(51)72(101)55(40(10)11)81-67(96)54(39(8)9)80-70(99)59(45(17)88)85-61(90)44(16)75-52(89)33-25-28-37(4)5/h21-24,29-30,37-46,49-51,53-60,88H,19-20,25-28,31-36,74H2,1-18H3,(H,75,89)(H,76,93)(H,77,94)(H,78,95)(H,79,97)(H,80,99)(H,81,96)(H,82,91)(H,83,92)(H,84,100)(H,85,90)(H,86,98)/b48-21-/t42-,43-,44-,45-,46+,49+,50+,51-,53-,54+,55-,56+,57-,58-,59+,60-/m1/s1. The highest BCUT2D eigenvalue weighted by molar-refractivity contribution is 6.03. The number of carbonyl (C=O) groups is 14. The van der Waals surface area contributed by atoms with Crippen LogP contribution in [0.15, 0.2) is 42.1 Å². The van der Waals surface area contributed by atoms with Gasteiger partial charge in [-0.15, -0.1) is 0 Å². The van der Waals surface area contributed by atoms with Crippen LogP contribution in [0.3, 0.4) is 0 Å². The van der Waals surface area contributed by atoms with Gasteiger partial charge >= 0.3 is 5.97 Å². The second-order valence-corrected chi connectivity index (χ2v) is 29.2. The highest BCUT2D eigenvalue weighted by Crippen LogP contribution is 2.23. The summed E-state index contributed by atoms with van der Waals surface area (Å²) in [6.07, 6.45) is 1.04. The molecule has 16 atom stereocenters. The Kier molecular flexibility index (Phi) is 36.9. The zero-order valence-electron chi connectivity index (χ0n) is 63.7. The van der Waals surface area contributed by atoms with Crippen molar-refractivity contribution < 1.29 is 77.0 Å². The fraction of sp³-hybridized carbons (Fsp3) is 0.699. The smallest absolute Gasteiger partial charge is 0.329 e. The molecule has 2 aliphatic heterocycles. The Morgan fingerprint density at radius 2 is 1.20 bits per heavy atom. The Bertz CT molecular complexity index is 3110. The average Bonchev–Trinajstić information content (AvgIpc) is 1.77. The van der Waals surface area contributed by atoms with Crippen LogP contribution in [0.25, 0.3) is 0 Å². The van der Waals surface area contributed by atoms with Gasteiger partial charge in [0.25, 0.3) is 5.91 Å². The van der Waals surface area contributed by atoms with Crippen LogP contribution in [-0.2, 0) is 78.3 Å². The maximum Gasteiger partial charge on any atom is 0.329 e. The molecular formula is C73H120N14O16. The molecule has 2 saturated heterocycles. The SMILES string of the molecule is C/C=C1\NC(=O)[C@H](Cc2ccccc2)NC(=O)[C@@H](C(C)C)NC(=O)[C@@H]([C@H](C)CC)NC(=O)[C@H](NC(=O)[C@H](NC(=O)[C@H](CCCN)NC(=O)[C@H]2CCCN2C(=O)[C@H](NC(=O)[C@@H](NC(=O)[C@@H](NC(=O)[C@@H](C)NC(=O)CCCC(C)C)[C@@H](C)O)C(C)C)C(C)C)[C@H](C)CC)[C@H](C)OC(=O)[C@H](C(C)C)NC1=O. The number of benzene rings is 1. The number of nitrogens with one attached hydrogen (secondary N) is 12. The minimum Gasteiger partial charge on any atom is -0.458 e. The number of likely N-dealkylation sites (tertiary alicyclic amines) is 1. The van der Waals surface area contributed by atoms with Crippen molar-refractivity contribution in [3.63, 3.8) is 0 Å². The molecule has 578 valence electrons. The van der Waals surface area contributed by atoms with Crippen LogP contribution in [0, 0.1) is 41.4 Å². The molecule has 0 aromatic heterocycles. The molecule has 0 aliphatic carbocycles. The topological polar surface area (TPSA) is 442 Å². The van der Waals surface area contributed by atoms with Gasteiger partial charge in [-0.3, -0.25) is 62.3 Å². The van der Waals surface area contributed by atoms with E-state index in [4.69, 9.17) is 10.5 Å². The van der Waals surface area contributed by atoms with E-state index in [0.29, 0.717) is 30.7 Å². The highest BCUT2D eigenvalue weighted by atomic mass is 16.5. The van der Waals surface area contributed by atoms with E-state index in [1.807, 2.05) is 13.8 Å². The third-order valence-electron chi connectivity index (χ3n) is 18.8. The summed E-state index contributed by atoms with van der Waals surface area (Å²) < 4.78 is 5.96. The zero-order valence-corrected chi connectivity index (χ0v) is 63.7. The van der Waals surface area contributed by atoms with Crippen molar-refractivity contribution in [2.75, 3.05) is 13.1 Å². The molecule has 0 saturated carbocycles. The second kappa shape index (κ2) is 42.9. The summed E-state index contributed by atoms with van der Waals surface area (Å²) in [6, 6.07) is -7.66. The summed E-state index contributed by atoms with van der Waals surface area (Å²) in [5.41, 5.74) is 6.33. The monoisotopic (exact) mass is 1450 g/mol. The number of carbonyl (C=O) groups excluding carboxylic acids is 14. The number of nitrogens with zero attached hydrogens (tertiary/aromatic N) is 1. The zero-order chi connectivity index (χ0) is 77.9. The van der Waals surface area contributed by atoms with Crippen molar-refractivity contribution in [3.8, 4) is 0 Å². The lowest BCUT2D eigenvalue weighted by Crippen LogP contribution is -2.64. The summed E-state index contributed by atoms with van der Waals surface area (Å²) in [5, 5.41) is 42.7. The molecule has 13 amide bonds. The maximum atomic E-state index is 15.0. The summed E-state index contributed by atoms with van der Waals surface area (Å²) in [7, 11) is 0. The van der Waals surface area contributed by atoms with Gasteiger partial charge in [0.1, 0.15) is 84.3 Å². The maximum absolute atomic E-state index is 15.0. The Balaban J connectivity index is 1.99. The molecule has 0 bridgehead atoms. The molecule has 0 spiro atoms. The highest BCUT2D eigenvalue weighted by Gasteiger charge is 2.44. The molecule has 1 aromatic rings. The van der Waals surface area contributed by atoms with E-state index in [9.17, 15) is 62.6 Å². The molecule has 0 unspecified atom stereocenters. The van der Waals surface area contributed by atoms with Crippen molar-refractivity contribution in [2.45, 2.75) is 274 Å². The Hall–Kier alpha value is -8.54. The number of esters is 1. The molecule has 30 heteroatoms. The van der Waals surface area contributed by atoms with Gasteiger partial charge in [-0.05, 0) is 113 Å². The summed E-state index contributed by atoms with van der Waals surface area (Å²) in [5.74, 6) is -14.7. The second-order valence-electron chi connectivity index (χ2n) is 29.2. The lowest BCUT2D eigenvalue weighted by molar-refractivity contribution is -0.157. The number of allylic oxidation sites excluding steroid dienone is 1. The van der Waals surface area contributed by atoms with Crippen LogP contribution in [-0.4, -0.2) is 191 Å². The number of cyclic esters (lactones) is 1. The van der Waals surface area contributed by atoms with E-state index in [0.717, 1.165) is 6.42 Å². The van der Waals surface area contributed by atoms with Crippen LogP contribution in [0.1, 0.15) is 188 Å². The van der Waals surface area contributed by atoms with Crippen molar-refractivity contribution in [3.05, 3.63) is 47.7 Å². The molecule has 2 aliphatic rings. The predicted molar refractivity (Wildman–Crippen MR) is 386 cm³/mol. The Morgan fingerprint density at radius 1 is 0.631 bits per heavy atom. The Labute approximate surface area is 607 Å². The number of nitrogens with two attached hydrogens (primary N) is 1. The molecule has 2 heterocycles. The summed E-state index contributed by atoms with van der Waals surface area (Å²) in [4.78, 5) is 201. The van der Waals surface area contributed by atoms with E-state index in [1.54, 1.807) is 113 Å². The van der Waals surface area contributed by atoms with Crippen LogP contribution < -0.4 is 69.5 Å². The molecule has 103 heavy (non-hydrogen) atoms. The van der Waals surface area contributed by atoms with Crippen LogP contribution >= 0.6 is 0 Å². The van der Waals surface area contributed by atoms with E-state index < -0.39 is 197 Å². The van der Waals surface area contributed by atoms with Gasteiger partial charge < -0.3 is 84.3 Å². The fourth-order valence-electron chi connectivity index (χ4n) is 11.8. The molecule has 3 rings (SSSR count). The third-order valence-corrected chi connectivity index (χ3v) is 18.8. The summed E-state index contributed by atoms with van der Waals surface area (Å²) in [6.45, 7) is 29.7. The van der Waals surface area contributed by atoms with Crippen LogP contribution in [0.4, 0.5) is 0 Å². The van der Waals surface area contributed by atoms with Gasteiger partial charge in [0.2, 0.25) is 70.9 Å². The van der Waals surface area contributed by atoms with E-state index in [2.05, 4.69) is 63.8 Å². The molecule has 1 aromatic carbocycles.